The Morgan fingerprint density at radius 3 is 1.77 bits per heavy atom. The third kappa shape index (κ3) is 5.57. The maximum absolute atomic E-state index is 6.39. The molecule has 62 heavy (non-hydrogen) atoms. The van der Waals surface area contributed by atoms with Gasteiger partial charge in [-0.1, -0.05) is 188 Å². The van der Waals surface area contributed by atoms with E-state index in [1.165, 1.54) is 60.8 Å². The Morgan fingerprint density at radius 1 is 0.371 bits per heavy atom. The van der Waals surface area contributed by atoms with E-state index in [-0.39, 0.29) is 5.41 Å². The zero-order valence-electron chi connectivity index (χ0n) is 34.3. The van der Waals surface area contributed by atoms with Crippen molar-refractivity contribution in [3.05, 3.63) is 247 Å². The molecular formula is C60H41NO. The van der Waals surface area contributed by atoms with Crippen molar-refractivity contribution >= 4 is 49.8 Å². The maximum atomic E-state index is 6.39. The molecule has 12 rings (SSSR count). The van der Waals surface area contributed by atoms with Crippen LogP contribution in [0.5, 0.6) is 0 Å². The van der Waals surface area contributed by atoms with Gasteiger partial charge in [-0.3, -0.25) is 0 Å². The molecule has 1 aliphatic rings. The number of rotatable bonds is 7. The average Bonchev–Trinajstić information content (AvgIpc) is 3.84. The normalized spacial score (nSPS) is 14.3. The van der Waals surface area contributed by atoms with E-state index in [1.54, 1.807) is 0 Å². The summed E-state index contributed by atoms with van der Waals surface area (Å²) >= 11 is 0. The Hall–Kier alpha value is -7.94. The van der Waals surface area contributed by atoms with Gasteiger partial charge in [0.15, 0.2) is 0 Å². The van der Waals surface area contributed by atoms with Crippen molar-refractivity contribution in [2.24, 2.45) is 0 Å². The third-order valence-corrected chi connectivity index (χ3v) is 13.2. The highest BCUT2D eigenvalue weighted by atomic mass is 16.3. The van der Waals surface area contributed by atoms with Crippen LogP contribution in [0.4, 0.5) is 17.1 Å². The van der Waals surface area contributed by atoms with E-state index in [1.807, 2.05) is 6.07 Å². The van der Waals surface area contributed by atoms with E-state index in [0.29, 0.717) is 0 Å². The lowest BCUT2D eigenvalue weighted by Crippen LogP contribution is -2.22. The SMILES string of the molecule is CC1(c2ccccc2)c2ccccc2-c2ccc(-c3ccccc3N(c3ccc4oc5ccccc5c4c3)c3ccccc3-c3cccc4cccc(-c5ccccc5)c34)cc21. The Kier molecular flexibility index (Phi) is 8.33. The van der Waals surface area contributed by atoms with Crippen LogP contribution in [0.3, 0.4) is 0 Å². The van der Waals surface area contributed by atoms with Crippen molar-refractivity contribution in [1.29, 1.82) is 0 Å². The second kappa shape index (κ2) is 14.4. The molecule has 0 spiro atoms. The molecule has 0 N–H and O–H groups in total. The van der Waals surface area contributed by atoms with E-state index in [9.17, 15) is 0 Å². The van der Waals surface area contributed by atoms with Crippen LogP contribution in [0.25, 0.3) is 77.2 Å². The highest BCUT2D eigenvalue weighted by molar-refractivity contribution is 6.10. The number of benzene rings is 10. The second-order valence-electron chi connectivity index (χ2n) is 16.5. The van der Waals surface area contributed by atoms with Crippen molar-refractivity contribution in [2.75, 3.05) is 4.90 Å². The van der Waals surface area contributed by atoms with Crippen LogP contribution in [0.1, 0.15) is 23.6 Å². The summed E-state index contributed by atoms with van der Waals surface area (Å²) in [5, 5.41) is 4.63. The van der Waals surface area contributed by atoms with Crippen LogP contribution in [-0.2, 0) is 5.41 Å². The van der Waals surface area contributed by atoms with Crippen molar-refractivity contribution in [2.45, 2.75) is 12.3 Å². The summed E-state index contributed by atoms with van der Waals surface area (Å²) in [5.41, 5.74) is 18.3. The van der Waals surface area contributed by atoms with Crippen LogP contribution in [0, 0.1) is 0 Å². The molecule has 292 valence electrons. The molecule has 0 fully saturated rings. The minimum atomic E-state index is -0.317. The summed E-state index contributed by atoms with van der Waals surface area (Å²) < 4.78 is 6.39. The first kappa shape index (κ1) is 36.0. The van der Waals surface area contributed by atoms with Gasteiger partial charge in [0.05, 0.1) is 11.4 Å². The molecule has 10 aromatic carbocycles. The Bertz CT molecular complexity index is 3490. The first-order valence-corrected chi connectivity index (χ1v) is 21.4. The van der Waals surface area contributed by atoms with Gasteiger partial charge in [0.1, 0.15) is 11.2 Å². The zero-order chi connectivity index (χ0) is 41.2. The minimum Gasteiger partial charge on any atom is -0.456 e. The van der Waals surface area contributed by atoms with Gasteiger partial charge in [0, 0.05) is 33.0 Å². The highest BCUT2D eigenvalue weighted by Crippen LogP contribution is 2.54. The quantitative estimate of drug-likeness (QED) is 0.160. The van der Waals surface area contributed by atoms with Crippen LogP contribution in [0.2, 0.25) is 0 Å². The van der Waals surface area contributed by atoms with Gasteiger partial charge in [-0.2, -0.15) is 0 Å². The van der Waals surface area contributed by atoms with Crippen LogP contribution < -0.4 is 4.90 Å². The summed E-state index contributed by atoms with van der Waals surface area (Å²) in [5.74, 6) is 0. The van der Waals surface area contributed by atoms with Gasteiger partial charge >= 0.3 is 0 Å². The Morgan fingerprint density at radius 2 is 0.968 bits per heavy atom. The van der Waals surface area contributed by atoms with E-state index >= 15 is 0 Å². The fraction of sp³-hybridized carbons (Fsp3) is 0.0333. The predicted octanol–water partition coefficient (Wildman–Crippen LogP) is 16.5. The van der Waals surface area contributed by atoms with Gasteiger partial charge in [-0.15, -0.1) is 0 Å². The standard InChI is InChI=1S/C60H41NO/c1-60(43-22-6-3-7-23-43)53-30-12-8-25-47(53)48-36-34-42(38-54(48)60)45-24-9-13-31-55(45)61(44-35-37-58-52(39-44)50-27-11-15-33-57(50)62-58)56-32-14-10-26-49(56)51-29-17-21-41-20-16-28-46(59(41)51)40-18-4-2-5-19-40/h2-39H,1H3. The van der Waals surface area contributed by atoms with Gasteiger partial charge in [-0.25, -0.2) is 0 Å². The number of hydrogen-bond donors (Lipinski definition) is 0. The molecule has 0 amide bonds. The van der Waals surface area contributed by atoms with Crippen LogP contribution in [-0.4, -0.2) is 0 Å². The number of anilines is 3. The van der Waals surface area contributed by atoms with Crippen LogP contribution in [0.15, 0.2) is 235 Å². The summed E-state index contributed by atoms with van der Waals surface area (Å²) in [4.78, 5) is 2.47. The number of nitrogens with zero attached hydrogens (tertiary/aromatic N) is 1. The lowest BCUT2D eigenvalue weighted by atomic mass is 9.74. The first-order valence-electron chi connectivity index (χ1n) is 21.4. The fourth-order valence-electron chi connectivity index (χ4n) is 10.2. The maximum Gasteiger partial charge on any atom is 0.135 e. The number of fused-ring (bicyclic) bond motifs is 7. The van der Waals surface area contributed by atoms with E-state index < -0.39 is 0 Å². The highest BCUT2D eigenvalue weighted by Gasteiger charge is 2.41. The number of para-hydroxylation sites is 3. The lowest BCUT2D eigenvalue weighted by molar-refractivity contribution is 0.669. The Balaban J connectivity index is 1.11. The summed E-state index contributed by atoms with van der Waals surface area (Å²) in [6, 6.07) is 83.9. The molecule has 0 bridgehead atoms. The molecule has 0 saturated heterocycles. The zero-order valence-corrected chi connectivity index (χ0v) is 34.3. The number of furan rings is 1. The van der Waals surface area contributed by atoms with Crippen molar-refractivity contribution in [1.82, 2.24) is 0 Å². The third-order valence-electron chi connectivity index (χ3n) is 13.2. The van der Waals surface area contributed by atoms with E-state index in [2.05, 4.69) is 236 Å². The molecule has 0 radical (unpaired) electrons. The summed E-state index contributed by atoms with van der Waals surface area (Å²) in [7, 11) is 0. The van der Waals surface area contributed by atoms with Crippen molar-refractivity contribution < 1.29 is 4.42 Å². The lowest BCUT2D eigenvalue weighted by Gasteiger charge is -2.31. The smallest absolute Gasteiger partial charge is 0.135 e. The topological polar surface area (TPSA) is 16.4 Å². The van der Waals surface area contributed by atoms with E-state index in [0.717, 1.165) is 50.1 Å². The first-order chi connectivity index (χ1) is 30.6. The predicted molar refractivity (Wildman–Crippen MR) is 260 cm³/mol. The molecule has 0 saturated carbocycles. The molecule has 1 atom stereocenters. The summed E-state index contributed by atoms with van der Waals surface area (Å²) in [6.07, 6.45) is 0. The minimum absolute atomic E-state index is 0.317. The molecule has 0 aliphatic heterocycles. The largest absolute Gasteiger partial charge is 0.456 e. The molecular weight excluding hydrogens is 751 g/mol. The molecule has 2 nitrogen and oxygen atoms in total. The Labute approximate surface area is 361 Å². The second-order valence-corrected chi connectivity index (χ2v) is 16.5. The van der Waals surface area contributed by atoms with Gasteiger partial charge in [0.25, 0.3) is 0 Å². The van der Waals surface area contributed by atoms with Crippen LogP contribution >= 0.6 is 0 Å². The average molecular weight is 792 g/mol. The van der Waals surface area contributed by atoms with Gasteiger partial charge in [-0.05, 0) is 110 Å². The summed E-state index contributed by atoms with van der Waals surface area (Å²) in [6.45, 7) is 2.39. The van der Waals surface area contributed by atoms with Crippen molar-refractivity contribution in [3.63, 3.8) is 0 Å². The molecule has 1 unspecified atom stereocenters. The molecule has 11 aromatic rings. The van der Waals surface area contributed by atoms with Crippen molar-refractivity contribution in [3.8, 4) is 44.5 Å². The molecule has 2 heteroatoms. The fourth-order valence-corrected chi connectivity index (χ4v) is 10.2. The monoisotopic (exact) mass is 791 g/mol. The molecule has 1 heterocycles. The van der Waals surface area contributed by atoms with Gasteiger partial charge in [0.2, 0.25) is 0 Å². The molecule has 1 aromatic heterocycles. The number of hydrogen-bond acceptors (Lipinski definition) is 2. The van der Waals surface area contributed by atoms with E-state index in [4.69, 9.17) is 4.42 Å². The molecule has 1 aliphatic carbocycles. The van der Waals surface area contributed by atoms with Gasteiger partial charge < -0.3 is 9.32 Å².